The van der Waals surface area contributed by atoms with Crippen LogP contribution in [0.4, 0.5) is 5.82 Å². The molecule has 1 aromatic heterocycles. The van der Waals surface area contributed by atoms with Crippen LogP contribution >= 0.6 is 0 Å². The number of pyridine rings is 1. The Kier molecular flexibility index (Phi) is 7.52. The van der Waals surface area contributed by atoms with Gasteiger partial charge in [-0.1, -0.05) is 42.5 Å². The Bertz CT molecular complexity index is 1090. The lowest BCUT2D eigenvalue weighted by molar-refractivity contribution is -0.130. The highest BCUT2D eigenvalue weighted by Gasteiger charge is 2.22. The summed E-state index contributed by atoms with van der Waals surface area (Å²) < 4.78 is 4.99. The number of hydrogen-bond acceptors (Lipinski definition) is 5. The molecule has 1 aliphatic rings. The quantitative estimate of drug-likeness (QED) is 0.539. The van der Waals surface area contributed by atoms with Crippen LogP contribution in [0.2, 0.25) is 0 Å². The van der Waals surface area contributed by atoms with Gasteiger partial charge in [0.15, 0.2) is 0 Å². The molecule has 7 nitrogen and oxygen atoms in total. The molecule has 0 aliphatic carbocycles. The van der Waals surface area contributed by atoms with Gasteiger partial charge in [-0.3, -0.25) is 9.59 Å². The summed E-state index contributed by atoms with van der Waals surface area (Å²) in [6.45, 7) is 3.96. The van der Waals surface area contributed by atoms with Crippen LogP contribution in [0.25, 0.3) is 10.8 Å². The zero-order valence-corrected chi connectivity index (χ0v) is 19.0. The molecule has 0 spiro atoms. The van der Waals surface area contributed by atoms with Crippen molar-refractivity contribution in [3.05, 3.63) is 71.9 Å². The molecule has 1 N–H and O–H groups in total. The van der Waals surface area contributed by atoms with E-state index in [0.717, 1.165) is 36.3 Å². The lowest BCUT2D eigenvalue weighted by atomic mass is 10.0. The Hall–Kier alpha value is -3.45. The first kappa shape index (κ1) is 22.7. The Labute approximate surface area is 194 Å². The summed E-state index contributed by atoms with van der Waals surface area (Å²) in [7, 11) is 1.64. The molecule has 4 rings (SSSR count). The van der Waals surface area contributed by atoms with Crippen molar-refractivity contribution < 1.29 is 14.3 Å². The van der Waals surface area contributed by atoms with Gasteiger partial charge in [0, 0.05) is 52.6 Å². The third-order valence-electron chi connectivity index (χ3n) is 5.95. The standard InChI is InChI=1S/C26H30N4O3/c1-33-16-4-11-27-26(32)23-9-10-24(28-19-23)29-12-14-30(15-13-29)25(31)18-20-7-8-21-5-2-3-6-22(21)17-20/h2-3,5-10,17,19H,4,11-16,18H2,1H3,(H,27,32). The number of aromatic nitrogens is 1. The predicted octanol–water partition coefficient (Wildman–Crippen LogP) is 2.89. The van der Waals surface area contributed by atoms with Crippen LogP contribution in [0.5, 0.6) is 0 Å². The second-order valence-electron chi connectivity index (χ2n) is 8.23. The van der Waals surface area contributed by atoms with Gasteiger partial charge in [-0.15, -0.1) is 0 Å². The van der Waals surface area contributed by atoms with Crippen molar-refractivity contribution in [2.24, 2.45) is 0 Å². The van der Waals surface area contributed by atoms with E-state index in [1.54, 1.807) is 19.4 Å². The molecular weight excluding hydrogens is 416 g/mol. The van der Waals surface area contributed by atoms with Crippen molar-refractivity contribution in [1.29, 1.82) is 0 Å². The number of carbonyl (C=O) groups is 2. The maximum atomic E-state index is 12.8. The van der Waals surface area contributed by atoms with Gasteiger partial charge >= 0.3 is 0 Å². The molecule has 1 saturated heterocycles. The smallest absolute Gasteiger partial charge is 0.252 e. The molecule has 0 bridgehead atoms. The van der Waals surface area contributed by atoms with E-state index in [2.05, 4.69) is 39.5 Å². The van der Waals surface area contributed by atoms with Crippen molar-refractivity contribution in [1.82, 2.24) is 15.2 Å². The fraction of sp³-hybridized carbons (Fsp3) is 0.346. The second-order valence-corrected chi connectivity index (χ2v) is 8.23. The first-order valence-electron chi connectivity index (χ1n) is 11.4. The van der Waals surface area contributed by atoms with Gasteiger partial charge in [0.05, 0.1) is 12.0 Å². The van der Waals surface area contributed by atoms with E-state index in [9.17, 15) is 9.59 Å². The number of carbonyl (C=O) groups excluding carboxylic acids is 2. The summed E-state index contributed by atoms with van der Waals surface area (Å²) in [6.07, 6.45) is 2.80. The molecule has 172 valence electrons. The van der Waals surface area contributed by atoms with Crippen molar-refractivity contribution in [2.45, 2.75) is 12.8 Å². The van der Waals surface area contributed by atoms with Crippen LogP contribution in [0.1, 0.15) is 22.3 Å². The van der Waals surface area contributed by atoms with E-state index in [1.807, 2.05) is 29.2 Å². The van der Waals surface area contributed by atoms with Crippen molar-refractivity contribution >= 4 is 28.4 Å². The van der Waals surface area contributed by atoms with E-state index < -0.39 is 0 Å². The first-order valence-corrected chi connectivity index (χ1v) is 11.4. The number of rotatable bonds is 8. The van der Waals surface area contributed by atoms with Crippen LogP contribution in [0.15, 0.2) is 60.8 Å². The number of nitrogens with one attached hydrogen (secondary N) is 1. The summed E-state index contributed by atoms with van der Waals surface area (Å²) in [5, 5.41) is 5.21. The van der Waals surface area contributed by atoms with Crippen molar-refractivity contribution in [3.8, 4) is 0 Å². The molecule has 1 fully saturated rings. The van der Waals surface area contributed by atoms with Gasteiger partial charge < -0.3 is 19.9 Å². The Morgan fingerprint density at radius 1 is 1.00 bits per heavy atom. The number of ether oxygens (including phenoxy) is 1. The number of nitrogens with zero attached hydrogens (tertiary/aromatic N) is 3. The Morgan fingerprint density at radius 3 is 2.52 bits per heavy atom. The van der Waals surface area contributed by atoms with Crippen LogP contribution in [0.3, 0.4) is 0 Å². The zero-order valence-electron chi connectivity index (χ0n) is 19.0. The number of piperazine rings is 1. The largest absolute Gasteiger partial charge is 0.385 e. The van der Waals surface area contributed by atoms with E-state index in [0.29, 0.717) is 38.2 Å². The predicted molar refractivity (Wildman–Crippen MR) is 130 cm³/mol. The molecule has 33 heavy (non-hydrogen) atoms. The molecule has 7 heteroatoms. The number of anilines is 1. The van der Waals surface area contributed by atoms with Gasteiger partial charge in [0.1, 0.15) is 5.82 Å². The lowest BCUT2D eigenvalue weighted by Gasteiger charge is -2.35. The number of benzene rings is 2. The first-order chi connectivity index (χ1) is 16.1. The maximum Gasteiger partial charge on any atom is 0.252 e. The molecule has 1 aliphatic heterocycles. The molecular formula is C26H30N4O3. The molecule has 0 radical (unpaired) electrons. The van der Waals surface area contributed by atoms with Gasteiger partial charge in [-0.25, -0.2) is 4.98 Å². The van der Waals surface area contributed by atoms with Crippen molar-refractivity contribution in [3.63, 3.8) is 0 Å². The maximum absolute atomic E-state index is 12.8. The molecule has 3 aromatic rings. The van der Waals surface area contributed by atoms with E-state index in [4.69, 9.17) is 4.74 Å². The van der Waals surface area contributed by atoms with Crippen LogP contribution in [-0.2, 0) is 16.0 Å². The minimum absolute atomic E-state index is 0.130. The summed E-state index contributed by atoms with van der Waals surface area (Å²) in [4.78, 5) is 33.6. The summed E-state index contributed by atoms with van der Waals surface area (Å²) in [6, 6.07) is 18.1. The highest BCUT2D eigenvalue weighted by atomic mass is 16.5. The van der Waals surface area contributed by atoms with E-state index in [1.165, 1.54) is 5.39 Å². The normalized spacial score (nSPS) is 13.8. The fourth-order valence-electron chi connectivity index (χ4n) is 4.05. The van der Waals surface area contributed by atoms with Crippen LogP contribution in [-0.4, -0.2) is 68.1 Å². The lowest BCUT2D eigenvalue weighted by Crippen LogP contribution is -2.49. The number of fused-ring (bicyclic) bond motifs is 1. The Balaban J connectivity index is 1.27. The molecule has 2 amide bonds. The average molecular weight is 447 g/mol. The van der Waals surface area contributed by atoms with Gasteiger partial charge in [-0.05, 0) is 34.9 Å². The van der Waals surface area contributed by atoms with Crippen LogP contribution < -0.4 is 10.2 Å². The minimum atomic E-state index is -0.130. The third-order valence-corrected chi connectivity index (χ3v) is 5.95. The second kappa shape index (κ2) is 10.9. The summed E-state index contributed by atoms with van der Waals surface area (Å²) in [5.41, 5.74) is 1.58. The molecule has 0 saturated carbocycles. The molecule has 2 heterocycles. The zero-order chi connectivity index (χ0) is 23.0. The SMILES string of the molecule is COCCCNC(=O)c1ccc(N2CCN(C(=O)Cc3ccc4ccccc4c3)CC2)nc1. The van der Waals surface area contributed by atoms with E-state index in [-0.39, 0.29) is 11.8 Å². The van der Waals surface area contributed by atoms with Crippen molar-refractivity contribution in [2.75, 3.05) is 51.3 Å². The number of amides is 2. The summed E-state index contributed by atoms with van der Waals surface area (Å²) >= 11 is 0. The van der Waals surface area contributed by atoms with Crippen LogP contribution in [0, 0.1) is 0 Å². The fourth-order valence-corrected chi connectivity index (χ4v) is 4.05. The third kappa shape index (κ3) is 5.87. The minimum Gasteiger partial charge on any atom is -0.385 e. The average Bonchev–Trinajstić information content (AvgIpc) is 2.86. The topological polar surface area (TPSA) is 74.8 Å². The molecule has 0 unspecified atom stereocenters. The van der Waals surface area contributed by atoms with Gasteiger partial charge in [-0.2, -0.15) is 0 Å². The highest BCUT2D eigenvalue weighted by Crippen LogP contribution is 2.18. The van der Waals surface area contributed by atoms with Gasteiger partial charge in [0.2, 0.25) is 5.91 Å². The number of hydrogen-bond donors (Lipinski definition) is 1. The molecule has 0 atom stereocenters. The molecule has 2 aromatic carbocycles. The Morgan fingerprint density at radius 2 is 1.79 bits per heavy atom. The van der Waals surface area contributed by atoms with E-state index >= 15 is 0 Å². The monoisotopic (exact) mass is 446 g/mol. The highest BCUT2D eigenvalue weighted by molar-refractivity contribution is 5.94. The number of methoxy groups -OCH3 is 1. The summed E-state index contributed by atoms with van der Waals surface area (Å²) in [5.74, 6) is 0.847. The van der Waals surface area contributed by atoms with Gasteiger partial charge in [0.25, 0.3) is 5.91 Å².